The molecule has 0 saturated heterocycles. The van der Waals surface area contributed by atoms with Crippen molar-refractivity contribution < 1.29 is 22.7 Å². The summed E-state index contributed by atoms with van der Waals surface area (Å²) in [5.41, 5.74) is 0.490. The number of benzene rings is 2. The van der Waals surface area contributed by atoms with E-state index in [1.165, 1.54) is 24.3 Å². The summed E-state index contributed by atoms with van der Waals surface area (Å²) in [6, 6.07) is 12.7. The number of ether oxygens (including phenoxy) is 2. The predicted molar refractivity (Wildman–Crippen MR) is 105 cm³/mol. The molecule has 2 aromatic carbocycles. The van der Waals surface area contributed by atoms with Crippen LogP contribution < -0.4 is 19.9 Å². The Morgan fingerprint density at radius 2 is 1.86 bits per heavy atom. The van der Waals surface area contributed by atoms with E-state index in [9.17, 15) is 13.2 Å². The summed E-state index contributed by atoms with van der Waals surface area (Å²) >= 11 is 0. The highest BCUT2D eigenvalue weighted by atomic mass is 32.2. The topological polar surface area (TPSA) is 111 Å². The molecule has 3 N–H and O–H groups in total. The Balaban J connectivity index is 1.56. The third kappa shape index (κ3) is 4.80. The SMILES string of the molecule is C[C@H](C(=O)Nc1ccc(S(N)(=O)=O)cc1)N(C)C[C@H]1COc2ccccc2O1. The zero-order chi connectivity index (χ0) is 20.3. The Morgan fingerprint density at radius 3 is 2.50 bits per heavy atom. The average Bonchev–Trinajstić information content (AvgIpc) is 2.67. The second-order valence-corrected chi connectivity index (χ2v) is 8.23. The standard InChI is InChI=1S/C19H23N3O5S/c1-13(19(23)21-14-7-9-16(10-8-14)28(20,24)25)22(2)11-15-12-26-17-5-3-4-6-18(17)27-15/h3-10,13,15H,11-12H2,1-2H3,(H,21,23)(H2,20,24,25)/t13-,15+/m1/s1. The normalized spacial score (nSPS) is 17.2. The molecule has 9 heteroatoms. The van der Waals surface area contributed by atoms with Crippen molar-refractivity contribution in [2.75, 3.05) is 25.5 Å². The Bertz CT molecular complexity index is 946. The van der Waals surface area contributed by atoms with E-state index in [0.717, 1.165) is 5.75 Å². The van der Waals surface area contributed by atoms with Gasteiger partial charge >= 0.3 is 0 Å². The summed E-state index contributed by atoms with van der Waals surface area (Å²) in [6.07, 6.45) is -0.191. The minimum Gasteiger partial charge on any atom is -0.486 e. The molecule has 0 aliphatic carbocycles. The molecule has 8 nitrogen and oxygen atoms in total. The number of para-hydroxylation sites is 2. The van der Waals surface area contributed by atoms with Crippen LogP contribution in [0.4, 0.5) is 5.69 Å². The van der Waals surface area contributed by atoms with Gasteiger partial charge in [0, 0.05) is 12.2 Å². The number of likely N-dealkylation sites (N-methyl/N-ethyl adjacent to an activating group) is 1. The van der Waals surface area contributed by atoms with E-state index in [1.54, 1.807) is 6.92 Å². The molecule has 1 aliphatic heterocycles. The van der Waals surface area contributed by atoms with Crippen molar-refractivity contribution in [1.82, 2.24) is 4.90 Å². The maximum Gasteiger partial charge on any atom is 0.241 e. The fraction of sp³-hybridized carbons (Fsp3) is 0.316. The van der Waals surface area contributed by atoms with Gasteiger partial charge in [-0.2, -0.15) is 0 Å². The van der Waals surface area contributed by atoms with Crippen LogP contribution in [0.5, 0.6) is 11.5 Å². The lowest BCUT2D eigenvalue weighted by atomic mass is 10.2. The van der Waals surface area contributed by atoms with E-state index in [4.69, 9.17) is 14.6 Å². The Morgan fingerprint density at radius 1 is 1.21 bits per heavy atom. The van der Waals surface area contributed by atoms with Gasteiger partial charge in [0.15, 0.2) is 11.5 Å². The lowest BCUT2D eigenvalue weighted by Gasteiger charge is -2.31. The Kier molecular flexibility index (Phi) is 5.87. The third-order valence-corrected chi connectivity index (χ3v) is 5.48. The molecule has 0 aromatic heterocycles. The first kappa shape index (κ1) is 20.1. The largest absolute Gasteiger partial charge is 0.486 e. The van der Waals surface area contributed by atoms with Gasteiger partial charge in [-0.05, 0) is 50.4 Å². The number of nitrogens with one attached hydrogen (secondary N) is 1. The van der Waals surface area contributed by atoms with Crippen molar-refractivity contribution in [3.63, 3.8) is 0 Å². The Hall–Kier alpha value is -2.62. The van der Waals surface area contributed by atoms with E-state index >= 15 is 0 Å². The number of nitrogens with two attached hydrogens (primary N) is 1. The maximum atomic E-state index is 12.5. The van der Waals surface area contributed by atoms with E-state index in [-0.39, 0.29) is 16.9 Å². The van der Waals surface area contributed by atoms with Crippen LogP contribution in [-0.2, 0) is 14.8 Å². The summed E-state index contributed by atoms with van der Waals surface area (Å²) < 4.78 is 34.2. The third-order valence-electron chi connectivity index (χ3n) is 4.55. The number of hydrogen-bond acceptors (Lipinski definition) is 6. The van der Waals surface area contributed by atoms with Crippen LogP contribution in [0.2, 0.25) is 0 Å². The molecule has 0 spiro atoms. The summed E-state index contributed by atoms with van der Waals surface area (Å²) in [6.45, 7) is 2.70. The molecular formula is C19H23N3O5S. The first-order valence-electron chi connectivity index (χ1n) is 8.76. The van der Waals surface area contributed by atoms with Crippen molar-refractivity contribution in [2.45, 2.75) is 24.0 Å². The van der Waals surface area contributed by atoms with Crippen molar-refractivity contribution in [3.8, 4) is 11.5 Å². The highest BCUT2D eigenvalue weighted by Gasteiger charge is 2.26. The molecule has 0 bridgehead atoms. The number of carbonyl (C=O) groups is 1. The van der Waals surface area contributed by atoms with E-state index in [0.29, 0.717) is 24.6 Å². The number of fused-ring (bicyclic) bond motifs is 1. The van der Waals surface area contributed by atoms with Crippen LogP contribution in [0.1, 0.15) is 6.92 Å². The molecule has 1 amide bonds. The number of nitrogens with zero attached hydrogens (tertiary/aromatic N) is 1. The van der Waals surface area contributed by atoms with Crippen LogP contribution >= 0.6 is 0 Å². The zero-order valence-electron chi connectivity index (χ0n) is 15.7. The molecule has 1 aliphatic rings. The van der Waals surface area contributed by atoms with Gasteiger partial charge in [-0.25, -0.2) is 13.6 Å². The molecule has 2 atom stereocenters. The highest BCUT2D eigenvalue weighted by Crippen LogP contribution is 2.31. The summed E-state index contributed by atoms with van der Waals surface area (Å²) in [5.74, 6) is 1.19. The summed E-state index contributed by atoms with van der Waals surface area (Å²) in [7, 11) is -1.93. The number of hydrogen-bond donors (Lipinski definition) is 2. The monoisotopic (exact) mass is 405 g/mol. The smallest absolute Gasteiger partial charge is 0.241 e. The molecule has 28 heavy (non-hydrogen) atoms. The molecule has 2 aromatic rings. The van der Waals surface area contributed by atoms with Crippen LogP contribution in [0.25, 0.3) is 0 Å². The van der Waals surface area contributed by atoms with Gasteiger partial charge in [0.2, 0.25) is 15.9 Å². The van der Waals surface area contributed by atoms with Crippen molar-refractivity contribution >= 4 is 21.6 Å². The van der Waals surface area contributed by atoms with Crippen LogP contribution in [0.15, 0.2) is 53.4 Å². The zero-order valence-corrected chi connectivity index (χ0v) is 16.5. The van der Waals surface area contributed by atoms with Crippen molar-refractivity contribution in [2.24, 2.45) is 5.14 Å². The lowest BCUT2D eigenvalue weighted by molar-refractivity contribution is -0.120. The van der Waals surface area contributed by atoms with E-state index < -0.39 is 16.1 Å². The van der Waals surface area contributed by atoms with Crippen molar-refractivity contribution in [3.05, 3.63) is 48.5 Å². The number of amides is 1. The quantitative estimate of drug-likeness (QED) is 0.752. The minimum atomic E-state index is -3.76. The number of carbonyl (C=O) groups excluding carboxylic acids is 1. The Labute approximate surface area is 164 Å². The summed E-state index contributed by atoms with van der Waals surface area (Å²) in [5, 5.41) is 7.84. The fourth-order valence-corrected chi connectivity index (χ4v) is 3.32. The van der Waals surface area contributed by atoms with Crippen molar-refractivity contribution in [1.29, 1.82) is 0 Å². The molecule has 0 saturated carbocycles. The average molecular weight is 405 g/mol. The number of rotatable bonds is 6. The predicted octanol–water partition coefficient (Wildman–Crippen LogP) is 1.43. The molecule has 0 radical (unpaired) electrons. The van der Waals surface area contributed by atoms with E-state index in [2.05, 4.69) is 5.32 Å². The molecule has 0 fully saturated rings. The number of sulfonamides is 1. The van der Waals surface area contributed by atoms with Crippen LogP contribution in [0, 0.1) is 0 Å². The minimum absolute atomic E-state index is 0.00889. The van der Waals surface area contributed by atoms with Gasteiger partial charge < -0.3 is 14.8 Å². The lowest BCUT2D eigenvalue weighted by Crippen LogP contribution is -2.46. The van der Waals surface area contributed by atoms with Gasteiger partial charge in [-0.1, -0.05) is 12.1 Å². The van der Waals surface area contributed by atoms with Gasteiger partial charge in [0.1, 0.15) is 12.7 Å². The first-order chi connectivity index (χ1) is 13.2. The van der Waals surface area contributed by atoms with E-state index in [1.807, 2.05) is 36.2 Å². The second kappa shape index (κ2) is 8.17. The van der Waals surface area contributed by atoms with Gasteiger partial charge in [-0.3, -0.25) is 9.69 Å². The molecule has 150 valence electrons. The molecular weight excluding hydrogens is 382 g/mol. The molecule has 3 rings (SSSR count). The van der Waals surface area contributed by atoms with Gasteiger partial charge in [0.25, 0.3) is 0 Å². The number of anilines is 1. The van der Waals surface area contributed by atoms with Crippen LogP contribution in [-0.4, -0.2) is 51.6 Å². The highest BCUT2D eigenvalue weighted by molar-refractivity contribution is 7.89. The summed E-state index contributed by atoms with van der Waals surface area (Å²) in [4.78, 5) is 14.4. The fourth-order valence-electron chi connectivity index (χ4n) is 2.81. The second-order valence-electron chi connectivity index (χ2n) is 6.67. The van der Waals surface area contributed by atoms with Crippen LogP contribution in [0.3, 0.4) is 0 Å². The molecule has 0 unspecified atom stereocenters. The molecule has 1 heterocycles. The maximum absolute atomic E-state index is 12.5. The van der Waals surface area contributed by atoms with Gasteiger partial charge in [-0.15, -0.1) is 0 Å². The first-order valence-corrected chi connectivity index (χ1v) is 10.3. The number of primary sulfonamides is 1. The van der Waals surface area contributed by atoms with Gasteiger partial charge in [0.05, 0.1) is 10.9 Å².